The second kappa shape index (κ2) is 12.0. The lowest BCUT2D eigenvalue weighted by molar-refractivity contribution is -0.137. The molecule has 7 rings (SSSR count). The molecule has 4 aromatic heterocycles. The topological polar surface area (TPSA) is 115 Å². The summed E-state index contributed by atoms with van der Waals surface area (Å²) in [6.45, 7) is 1.74. The van der Waals surface area contributed by atoms with Crippen molar-refractivity contribution in [3.05, 3.63) is 59.1 Å². The van der Waals surface area contributed by atoms with Crippen molar-refractivity contribution in [2.75, 3.05) is 37.5 Å². The van der Waals surface area contributed by atoms with Crippen molar-refractivity contribution in [3.8, 4) is 11.5 Å². The predicted octanol–water partition coefficient (Wildman–Crippen LogP) is 5.81. The van der Waals surface area contributed by atoms with Crippen molar-refractivity contribution >= 4 is 51.6 Å². The summed E-state index contributed by atoms with van der Waals surface area (Å²) in [5.74, 6) is 1.35. The highest BCUT2D eigenvalue weighted by atomic mass is 35.5. The van der Waals surface area contributed by atoms with E-state index in [1.54, 1.807) is 48.7 Å². The van der Waals surface area contributed by atoms with Crippen LogP contribution in [0.3, 0.4) is 0 Å². The molecule has 0 radical (unpaired) electrons. The highest BCUT2D eigenvalue weighted by Gasteiger charge is 2.34. The second-order valence-corrected chi connectivity index (χ2v) is 12.3. The fraction of sp³-hybridized carbons (Fsp3) is 0.387. The number of hydrogen-bond donors (Lipinski definition) is 1. The summed E-state index contributed by atoms with van der Waals surface area (Å²) in [5.41, 5.74) is 1.21. The van der Waals surface area contributed by atoms with Crippen LogP contribution in [0.5, 0.6) is 11.5 Å². The Morgan fingerprint density at radius 3 is 2.66 bits per heavy atom. The van der Waals surface area contributed by atoms with Crippen molar-refractivity contribution in [2.24, 2.45) is 13.0 Å². The van der Waals surface area contributed by atoms with Gasteiger partial charge in [-0.2, -0.15) is 23.3 Å². The van der Waals surface area contributed by atoms with E-state index in [9.17, 15) is 18.0 Å². The van der Waals surface area contributed by atoms with E-state index in [4.69, 9.17) is 21.1 Å². The van der Waals surface area contributed by atoms with Gasteiger partial charge in [0.05, 0.1) is 36.5 Å². The molecule has 16 heteroatoms. The number of rotatable bonds is 9. The van der Waals surface area contributed by atoms with Crippen LogP contribution in [0.2, 0.25) is 5.02 Å². The molecule has 2 fully saturated rings. The number of halogens is 4. The molecule has 1 atom stereocenters. The normalized spacial score (nSPS) is 17.1. The Kier molecular flexibility index (Phi) is 7.92. The van der Waals surface area contributed by atoms with Crippen LogP contribution in [0.15, 0.2) is 43.0 Å². The van der Waals surface area contributed by atoms with Gasteiger partial charge in [-0.25, -0.2) is 14.5 Å². The largest absolute Gasteiger partial charge is 0.450 e. The van der Waals surface area contributed by atoms with E-state index in [0.29, 0.717) is 41.3 Å². The Morgan fingerprint density at radius 1 is 1.13 bits per heavy atom. The standard InChI is InChI=1S/C31H31ClF3N9O3/c1-41(29(45)18-4-5-18)25-16-44-22(11-36-25)23(13-38-44)47-24-12-37-28-27(26(24)32)42(2)30(40-28)39-20-9-17(8-19(10-20)31(33,34)35)14-43-7-6-21(15-43)46-3/h8-13,16,18,21H,4-7,14-15H2,1-3H3,(H,37,39,40)/t21-/m1/s1. The summed E-state index contributed by atoms with van der Waals surface area (Å²) in [5, 5.41) is 7.57. The molecule has 12 nitrogen and oxygen atoms in total. The number of nitrogens with zero attached hydrogens (tertiary/aromatic N) is 8. The van der Waals surface area contributed by atoms with Gasteiger partial charge in [-0.1, -0.05) is 11.6 Å². The number of imidazole rings is 1. The highest BCUT2D eigenvalue weighted by molar-refractivity contribution is 6.36. The first-order valence-corrected chi connectivity index (χ1v) is 15.4. The summed E-state index contributed by atoms with van der Waals surface area (Å²) < 4.78 is 56.3. The minimum atomic E-state index is -4.53. The SMILES string of the molecule is CO[C@@H]1CCN(Cc2cc(Nc3nc4ncc(Oc5cnn6cc(N(C)C(=O)C7CC7)ncc56)c(Cl)c4n3C)cc(C(F)(F)F)c2)C1. The third kappa shape index (κ3) is 6.17. The molecule has 5 heterocycles. The van der Waals surface area contributed by atoms with Gasteiger partial charge in [0.2, 0.25) is 11.9 Å². The highest BCUT2D eigenvalue weighted by Crippen LogP contribution is 2.38. The Bertz CT molecular complexity index is 1990. The van der Waals surface area contributed by atoms with Crippen LogP contribution >= 0.6 is 11.6 Å². The zero-order valence-electron chi connectivity index (χ0n) is 25.8. The number of fused-ring (bicyclic) bond motifs is 2. The molecular weight excluding hydrogens is 639 g/mol. The van der Waals surface area contributed by atoms with Gasteiger partial charge in [0.15, 0.2) is 23.0 Å². The number of benzene rings is 1. The first kappa shape index (κ1) is 31.1. The number of amides is 1. The molecule has 1 aromatic carbocycles. The van der Waals surface area contributed by atoms with Gasteiger partial charge in [-0.3, -0.25) is 14.6 Å². The average molecular weight is 670 g/mol. The van der Waals surface area contributed by atoms with Crippen molar-refractivity contribution in [2.45, 2.75) is 38.1 Å². The zero-order chi connectivity index (χ0) is 33.0. The Hall–Kier alpha value is -4.47. The van der Waals surface area contributed by atoms with E-state index in [-0.39, 0.29) is 46.0 Å². The van der Waals surface area contributed by atoms with Crippen LogP contribution in [0.1, 0.15) is 30.4 Å². The van der Waals surface area contributed by atoms with E-state index in [2.05, 4.69) is 30.3 Å². The fourth-order valence-electron chi connectivity index (χ4n) is 5.77. The molecule has 0 spiro atoms. The molecule has 1 saturated carbocycles. The molecule has 1 N–H and O–H groups in total. The number of methoxy groups -OCH3 is 1. The van der Waals surface area contributed by atoms with Crippen molar-refractivity contribution in [1.29, 1.82) is 0 Å². The number of anilines is 3. The van der Waals surface area contributed by atoms with Gasteiger partial charge in [0, 0.05) is 52.4 Å². The van der Waals surface area contributed by atoms with Crippen LogP contribution in [0.25, 0.3) is 16.7 Å². The summed E-state index contributed by atoms with van der Waals surface area (Å²) >= 11 is 6.79. The summed E-state index contributed by atoms with van der Waals surface area (Å²) in [6.07, 6.45) is 4.26. The second-order valence-electron chi connectivity index (χ2n) is 11.9. The molecular formula is C31H31ClF3N9O3. The minimum Gasteiger partial charge on any atom is -0.450 e. The predicted molar refractivity (Wildman–Crippen MR) is 168 cm³/mol. The lowest BCUT2D eigenvalue weighted by atomic mass is 10.1. The lowest BCUT2D eigenvalue weighted by Crippen LogP contribution is -2.28. The number of ether oxygens (including phenoxy) is 2. The molecule has 2 aliphatic rings. The lowest BCUT2D eigenvalue weighted by Gasteiger charge is -2.18. The summed E-state index contributed by atoms with van der Waals surface area (Å²) in [7, 11) is 5.00. The number of aryl methyl sites for hydroxylation is 1. The van der Waals surface area contributed by atoms with E-state index < -0.39 is 11.7 Å². The van der Waals surface area contributed by atoms with Crippen LogP contribution < -0.4 is 15.0 Å². The summed E-state index contributed by atoms with van der Waals surface area (Å²) in [4.78, 5) is 29.4. The van der Waals surface area contributed by atoms with Crippen LogP contribution in [-0.4, -0.2) is 73.3 Å². The molecule has 1 aliphatic carbocycles. The van der Waals surface area contributed by atoms with E-state index in [1.165, 1.54) is 23.4 Å². The smallest absolute Gasteiger partial charge is 0.416 e. The van der Waals surface area contributed by atoms with Gasteiger partial charge < -0.3 is 19.4 Å². The van der Waals surface area contributed by atoms with Crippen molar-refractivity contribution < 1.29 is 27.4 Å². The molecule has 0 bridgehead atoms. The van der Waals surface area contributed by atoms with Gasteiger partial charge in [-0.05, 0) is 43.0 Å². The number of aromatic nitrogens is 6. The number of pyridine rings is 1. The number of carbonyl (C=O) groups excluding carboxylic acids is 1. The third-order valence-corrected chi connectivity index (χ3v) is 8.89. The monoisotopic (exact) mass is 669 g/mol. The fourth-order valence-corrected chi connectivity index (χ4v) is 6.07. The van der Waals surface area contributed by atoms with Crippen molar-refractivity contribution in [1.82, 2.24) is 34.0 Å². The Balaban J connectivity index is 1.14. The van der Waals surface area contributed by atoms with Gasteiger partial charge in [0.25, 0.3) is 0 Å². The van der Waals surface area contributed by atoms with Gasteiger partial charge in [0.1, 0.15) is 16.1 Å². The van der Waals surface area contributed by atoms with E-state index in [0.717, 1.165) is 31.9 Å². The average Bonchev–Trinajstić information content (AvgIpc) is 3.55. The zero-order valence-corrected chi connectivity index (χ0v) is 26.5. The quantitative estimate of drug-likeness (QED) is 0.208. The van der Waals surface area contributed by atoms with Gasteiger partial charge >= 0.3 is 6.18 Å². The Labute approximate surface area is 272 Å². The minimum absolute atomic E-state index is 0.0212. The maximum atomic E-state index is 13.9. The molecule has 246 valence electrons. The third-order valence-electron chi connectivity index (χ3n) is 8.53. The van der Waals surface area contributed by atoms with Crippen LogP contribution in [0, 0.1) is 5.92 Å². The van der Waals surface area contributed by atoms with Crippen LogP contribution in [-0.2, 0) is 29.3 Å². The molecule has 1 saturated heterocycles. The number of likely N-dealkylation sites (tertiary alicyclic amines) is 1. The number of carbonyl (C=O) groups is 1. The molecule has 0 unspecified atom stereocenters. The van der Waals surface area contributed by atoms with Crippen LogP contribution in [0.4, 0.5) is 30.6 Å². The van der Waals surface area contributed by atoms with E-state index in [1.807, 2.05) is 0 Å². The number of nitrogens with one attached hydrogen (secondary N) is 1. The molecule has 5 aromatic rings. The molecule has 1 amide bonds. The molecule has 1 aliphatic heterocycles. The van der Waals surface area contributed by atoms with E-state index >= 15 is 0 Å². The van der Waals surface area contributed by atoms with Gasteiger partial charge in [-0.15, -0.1) is 0 Å². The maximum absolute atomic E-state index is 13.9. The Morgan fingerprint density at radius 2 is 1.94 bits per heavy atom. The molecule has 47 heavy (non-hydrogen) atoms. The summed E-state index contributed by atoms with van der Waals surface area (Å²) in [6, 6.07) is 3.91. The first-order valence-electron chi connectivity index (χ1n) is 15.0. The number of alkyl halides is 3. The first-order chi connectivity index (χ1) is 22.5. The number of hydrogen-bond acceptors (Lipinski definition) is 9. The maximum Gasteiger partial charge on any atom is 0.416 e. The van der Waals surface area contributed by atoms with Crippen molar-refractivity contribution in [3.63, 3.8) is 0 Å².